The quantitative estimate of drug-likeness (QED) is 0.510. The smallest absolute Gasteiger partial charge is 0.253 e. The maximum Gasteiger partial charge on any atom is 0.253 e. The first-order valence-corrected chi connectivity index (χ1v) is 11.9. The molecular formula is C22H29ClN2O4S. The van der Waals surface area contributed by atoms with E-state index in [4.69, 9.17) is 16.3 Å². The van der Waals surface area contributed by atoms with Gasteiger partial charge in [-0.2, -0.15) is 4.31 Å². The van der Waals surface area contributed by atoms with Crippen molar-refractivity contribution >= 4 is 27.5 Å². The molecule has 0 aliphatic heterocycles. The zero-order chi connectivity index (χ0) is 22.1. The maximum absolute atomic E-state index is 12.7. The van der Waals surface area contributed by atoms with Gasteiger partial charge in [0.25, 0.3) is 5.91 Å². The minimum Gasteiger partial charge on any atom is -0.494 e. The summed E-state index contributed by atoms with van der Waals surface area (Å²) in [5, 5.41) is 2.99. The first-order valence-electron chi connectivity index (χ1n) is 10.1. The Morgan fingerprint density at radius 1 is 1.07 bits per heavy atom. The highest BCUT2D eigenvalue weighted by molar-refractivity contribution is 7.89. The molecule has 0 heterocycles. The van der Waals surface area contributed by atoms with Crippen LogP contribution in [0.3, 0.4) is 0 Å². The zero-order valence-electron chi connectivity index (χ0n) is 17.7. The third-order valence-electron chi connectivity index (χ3n) is 4.67. The minimum atomic E-state index is -3.67. The minimum absolute atomic E-state index is 0.0503. The second kappa shape index (κ2) is 11.3. The van der Waals surface area contributed by atoms with Gasteiger partial charge in [-0.15, -0.1) is 0 Å². The molecule has 1 amide bonds. The number of sulfonamides is 1. The molecule has 0 aliphatic rings. The number of carbonyl (C=O) groups excluding carboxylic acids is 1. The number of unbranched alkanes of at least 4 members (excludes halogenated alkanes) is 1. The van der Waals surface area contributed by atoms with Crippen molar-refractivity contribution in [1.29, 1.82) is 0 Å². The van der Waals surface area contributed by atoms with Crippen molar-refractivity contribution in [3.05, 3.63) is 58.6 Å². The van der Waals surface area contributed by atoms with Gasteiger partial charge >= 0.3 is 0 Å². The lowest BCUT2D eigenvalue weighted by molar-refractivity contribution is 0.0951. The molecule has 0 aromatic heterocycles. The molecule has 0 radical (unpaired) electrons. The third-order valence-corrected chi connectivity index (χ3v) is 7.04. The molecule has 6 nitrogen and oxygen atoms in total. The van der Waals surface area contributed by atoms with Gasteiger partial charge < -0.3 is 10.1 Å². The van der Waals surface area contributed by atoms with E-state index in [1.165, 1.54) is 22.5 Å². The zero-order valence-corrected chi connectivity index (χ0v) is 19.2. The van der Waals surface area contributed by atoms with E-state index in [-0.39, 0.29) is 22.0 Å². The lowest BCUT2D eigenvalue weighted by atomic mass is 10.2. The molecule has 164 valence electrons. The van der Waals surface area contributed by atoms with Crippen LogP contribution in [-0.4, -0.2) is 38.3 Å². The average molecular weight is 453 g/mol. The summed E-state index contributed by atoms with van der Waals surface area (Å²) in [6.45, 7) is 7.31. The molecule has 2 aromatic carbocycles. The van der Waals surface area contributed by atoms with E-state index in [0.29, 0.717) is 19.7 Å². The Balaban J connectivity index is 2.08. The summed E-state index contributed by atoms with van der Waals surface area (Å²) in [4.78, 5) is 12.7. The number of carbonyl (C=O) groups is 1. The van der Waals surface area contributed by atoms with Gasteiger partial charge in [0, 0.05) is 19.6 Å². The third kappa shape index (κ3) is 6.20. The van der Waals surface area contributed by atoms with E-state index in [2.05, 4.69) is 12.2 Å². The SMILES string of the molecule is CCCCOc1ccc(CNC(=O)c2cc(S(=O)(=O)N(CC)CC)ccc2Cl)cc1. The Labute approximate surface area is 184 Å². The fourth-order valence-corrected chi connectivity index (χ4v) is 4.56. The summed E-state index contributed by atoms with van der Waals surface area (Å²) in [6.07, 6.45) is 2.08. The molecule has 0 aliphatic carbocycles. The Hall–Kier alpha value is -2.09. The van der Waals surface area contributed by atoms with Crippen LogP contribution in [0.2, 0.25) is 5.02 Å². The van der Waals surface area contributed by atoms with Crippen LogP contribution < -0.4 is 10.1 Å². The van der Waals surface area contributed by atoms with Crippen molar-refractivity contribution in [3.8, 4) is 5.75 Å². The average Bonchev–Trinajstić information content (AvgIpc) is 2.74. The van der Waals surface area contributed by atoms with E-state index in [1.54, 1.807) is 13.8 Å². The van der Waals surface area contributed by atoms with Gasteiger partial charge in [0.1, 0.15) is 5.75 Å². The van der Waals surface area contributed by atoms with Crippen molar-refractivity contribution in [2.45, 2.75) is 45.1 Å². The second-order valence-corrected chi connectivity index (χ2v) is 9.10. The first kappa shape index (κ1) is 24.2. The molecule has 8 heteroatoms. The standard InChI is InChI=1S/C22H29ClN2O4S/c1-4-7-14-29-18-10-8-17(9-11-18)16-24-22(26)20-15-19(12-13-21(20)23)30(27,28)25(5-2)6-3/h8-13,15H,4-7,14,16H2,1-3H3,(H,24,26). The maximum atomic E-state index is 12.7. The van der Waals surface area contributed by atoms with Gasteiger partial charge in [-0.3, -0.25) is 4.79 Å². The van der Waals surface area contributed by atoms with E-state index >= 15 is 0 Å². The molecule has 0 spiro atoms. The molecular weight excluding hydrogens is 424 g/mol. The van der Waals surface area contributed by atoms with Crippen LogP contribution in [0.1, 0.15) is 49.5 Å². The molecule has 0 bridgehead atoms. The van der Waals surface area contributed by atoms with Crippen LogP contribution in [0.15, 0.2) is 47.4 Å². The molecule has 0 saturated heterocycles. The second-order valence-electron chi connectivity index (χ2n) is 6.76. The topological polar surface area (TPSA) is 75.7 Å². The van der Waals surface area contributed by atoms with E-state index in [1.807, 2.05) is 24.3 Å². The summed E-state index contributed by atoms with van der Waals surface area (Å²) in [6, 6.07) is 11.7. The van der Waals surface area contributed by atoms with Gasteiger partial charge in [0.05, 0.1) is 22.1 Å². The highest BCUT2D eigenvalue weighted by Crippen LogP contribution is 2.23. The molecule has 0 unspecified atom stereocenters. The number of halogens is 1. The van der Waals surface area contributed by atoms with Crippen molar-refractivity contribution in [3.63, 3.8) is 0 Å². The molecule has 2 aromatic rings. The Morgan fingerprint density at radius 2 is 1.73 bits per heavy atom. The van der Waals surface area contributed by atoms with Crippen LogP contribution in [0.4, 0.5) is 0 Å². The van der Waals surface area contributed by atoms with Gasteiger partial charge in [0.15, 0.2) is 0 Å². The van der Waals surface area contributed by atoms with Crippen LogP contribution in [0, 0.1) is 0 Å². The number of amides is 1. The summed E-state index contributed by atoms with van der Waals surface area (Å²) in [5.74, 6) is 0.357. The van der Waals surface area contributed by atoms with Gasteiger partial charge in [0.2, 0.25) is 10.0 Å². The van der Waals surface area contributed by atoms with E-state index < -0.39 is 15.9 Å². The van der Waals surface area contributed by atoms with Crippen LogP contribution >= 0.6 is 11.6 Å². The van der Waals surface area contributed by atoms with Gasteiger partial charge in [-0.05, 0) is 42.3 Å². The predicted molar refractivity (Wildman–Crippen MR) is 120 cm³/mol. The summed E-state index contributed by atoms with van der Waals surface area (Å²) in [7, 11) is -3.67. The number of benzene rings is 2. The monoisotopic (exact) mass is 452 g/mol. The number of hydrogen-bond acceptors (Lipinski definition) is 4. The number of ether oxygens (including phenoxy) is 1. The number of nitrogens with one attached hydrogen (secondary N) is 1. The lowest BCUT2D eigenvalue weighted by Gasteiger charge is -2.19. The fourth-order valence-electron chi connectivity index (χ4n) is 2.87. The summed E-state index contributed by atoms with van der Waals surface area (Å²) < 4.78 is 32.4. The Morgan fingerprint density at radius 3 is 2.33 bits per heavy atom. The fraction of sp³-hybridized carbons (Fsp3) is 0.409. The highest BCUT2D eigenvalue weighted by atomic mass is 35.5. The Bertz CT molecular complexity index is 942. The summed E-state index contributed by atoms with van der Waals surface area (Å²) in [5.41, 5.74) is 1.03. The van der Waals surface area contributed by atoms with Crippen molar-refractivity contribution < 1.29 is 17.9 Å². The van der Waals surface area contributed by atoms with Crippen LogP contribution in [-0.2, 0) is 16.6 Å². The van der Waals surface area contributed by atoms with Crippen molar-refractivity contribution in [1.82, 2.24) is 9.62 Å². The number of rotatable bonds is 11. The Kier molecular flexibility index (Phi) is 9.14. The first-order chi connectivity index (χ1) is 14.3. The highest BCUT2D eigenvalue weighted by Gasteiger charge is 2.23. The van der Waals surface area contributed by atoms with Crippen LogP contribution in [0.25, 0.3) is 0 Å². The van der Waals surface area contributed by atoms with Crippen LogP contribution in [0.5, 0.6) is 5.75 Å². The molecule has 0 fully saturated rings. The molecule has 2 rings (SSSR count). The van der Waals surface area contributed by atoms with E-state index in [0.717, 1.165) is 24.2 Å². The number of nitrogens with zero attached hydrogens (tertiary/aromatic N) is 1. The predicted octanol–water partition coefficient (Wildman–Crippen LogP) is 4.48. The molecule has 0 saturated carbocycles. The molecule has 1 N–H and O–H groups in total. The normalized spacial score (nSPS) is 11.5. The van der Waals surface area contributed by atoms with E-state index in [9.17, 15) is 13.2 Å². The van der Waals surface area contributed by atoms with Crippen molar-refractivity contribution in [2.24, 2.45) is 0 Å². The largest absolute Gasteiger partial charge is 0.494 e. The molecule has 0 atom stereocenters. The van der Waals surface area contributed by atoms with Crippen molar-refractivity contribution in [2.75, 3.05) is 19.7 Å². The summed E-state index contributed by atoms with van der Waals surface area (Å²) >= 11 is 6.17. The lowest BCUT2D eigenvalue weighted by Crippen LogP contribution is -2.31. The van der Waals surface area contributed by atoms with Gasteiger partial charge in [-0.1, -0.05) is 50.9 Å². The van der Waals surface area contributed by atoms with Gasteiger partial charge in [-0.25, -0.2) is 8.42 Å². The number of hydrogen-bond donors (Lipinski definition) is 1. The molecule has 30 heavy (non-hydrogen) atoms.